The lowest BCUT2D eigenvalue weighted by Gasteiger charge is -2.36. The Hall–Kier alpha value is -1.68. The predicted octanol–water partition coefficient (Wildman–Crippen LogP) is 2.75. The van der Waals surface area contributed by atoms with Crippen molar-refractivity contribution in [3.05, 3.63) is 48.0 Å². The molecule has 0 radical (unpaired) electrons. The van der Waals surface area contributed by atoms with Gasteiger partial charge in [0.2, 0.25) is 0 Å². The number of hydrogen-bond donors (Lipinski definition) is 1. The van der Waals surface area contributed by atoms with Crippen LogP contribution in [0.15, 0.2) is 36.8 Å². The van der Waals surface area contributed by atoms with Crippen LogP contribution < -0.4 is 0 Å². The third kappa shape index (κ3) is 2.68. The molecule has 3 heterocycles. The molecule has 0 bridgehead atoms. The Kier molecular flexibility index (Phi) is 3.60. The summed E-state index contributed by atoms with van der Waals surface area (Å²) in [6, 6.07) is 6.79. The standard InChI is InChI=1S/C15H20N4/c1-12(13-4-7-16-8-5-13)19-10-2-3-14(11-19)15-6-9-17-18-15/h4-9,12,14H,2-3,10-11H2,1H3,(H,17,18)/t12-,14-/m1/s1. The number of nitrogens with zero attached hydrogens (tertiary/aromatic N) is 3. The lowest BCUT2D eigenvalue weighted by atomic mass is 9.93. The van der Waals surface area contributed by atoms with E-state index in [1.807, 2.05) is 18.6 Å². The summed E-state index contributed by atoms with van der Waals surface area (Å²) in [5, 5.41) is 7.19. The number of aromatic nitrogens is 3. The second-order valence-electron chi connectivity index (χ2n) is 5.30. The molecular formula is C15H20N4. The summed E-state index contributed by atoms with van der Waals surface area (Å²) < 4.78 is 0. The summed E-state index contributed by atoms with van der Waals surface area (Å²) in [4.78, 5) is 6.66. The molecule has 0 aromatic carbocycles. The molecule has 100 valence electrons. The summed E-state index contributed by atoms with van der Waals surface area (Å²) in [5.41, 5.74) is 2.62. The van der Waals surface area contributed by atoms with E-state index in [9.17, 15) is 0 Å². The quantitative estimate of drug-likeness (QED) is 0.918. The Morgan fingerprint density at radius 3 is 2.84 bits per heavy atom. The number of H-pyrrole nitrogens is 1. The highest BCUT2D eigenvalue weighted by Gasteiger charge is 2.25. The van der Waals surface area contributed by atoms with Crippen molar-refractivity contribution in [3.8, 4) is 0 Å². The summed E-state index contributed by atoms with van der Waals surface area (Å²) in [5.74, 6) is 0.584. The maximum absolute atomic E-state index is 4.10. The first-order valence-corrected chi connectivity index (χ1v) is 6.98. The molecule has 4 nitrogen and oxygen atoms in total. The van der Waals surface area contributed by atoms with E-state index in [0.29, 0.717) is 12.0 Å². The fourth-order valence-electron chi connectivity index (χ4n) is 2.96. The predicted molar refractivity (Wildman–Crippen MR) is 74.8 cm³/mol. The third-order valence-electron chi connectivity index (χ3n) is 4.15. The summed E-state index contributed by atoms with van der Waals surface area (Å²) in [6.45, 7) is 4.56. The van der Waals surface area contributed by atoms with Crippen molar-refractivity contribution < 1.29 is 0 Å². The van der Waals surface area contributed by atoms with Crippen LogP contribution in [0.4, 0.5) is 0 Å². The zero-order chi connectivity index (χ0) is 13.1. The Morgan fingerprint density at radius 2 is 2.11 bits per heavy atom. The molecule has 0 aliphatic carbocycles. The molecule has 1 N–H and O–H groups in total. The zero-order valence-corrected chi connectivity index (χ0v) is 11.3. The monoisotopic (exact) mass is 256 g/mol. The summed E-state index contributed by atoms with van der Waals surface area (Å²) >= 11 is 0. The normalized spacial score (nSPS) is 22.3. The Bertz CT molecular complexity index is 494. The van der Waals surface area contributed by atoms with E-state index < -0.39 is 0 Å². The van der Waals surface area contributed by atoms with Crippen LogP contribution in [0, 0.1) is 0 Å². The number of aromatic amines is 1. The number of pyridine rings is 1. The molecule has 2 aromatic rings. The average molecular weight is 256 g/mol. The van der Waals surface area contributed by atoms with Gasteiger partial charge in [0.1, 0.15) is 0 Å². The van der Waals surface area contributed by atoms with Crippen molar-refractivity contribution >= 4 is 0 Å². The lowest BCUT2D eigenvalue weighted by molar-refractivity contribution is 0.157. The molecule has 1 aliphatic rings. The molecule has 2 atom stereocenters. The van der Waals surface area contributed by atoms with Crippen LogP contribution in [0.2, 0.25) is 0 Å². The van der Waals surface area contributed by atoms with E-state index in [-0.39, 0.29) is 0 Å². The molecule has 3 rings (SSSR count). The van der Waals surface area contributed by atoms with Crippen LogP contribution in [0.3, 0.4) is 0 Å². The minimum absolute atomic E-state index is 0.453. The maximum atomic E-state index is 4.10. The second-order valence-corrected chi connectivity index (χ2v) is 5.30. The minimum atomic E-state index is 0.453. The lowest BCUT2D eigenvalue weighted by Crippen LogP contribution is -2.36. The zero-order valence-electron chi connectivity index (χ0n) is 11.3. The highest BCUT2D eigenvalue weighted by atomic mass is 15.2. The van der Waals surface area contributed by atoms with Crippen LogP contribution >= 0.6 is 0 Å². The van der Waals surface area contributed by atoms with Crippen molar-refractivity contribution in [1.82, 2.24) is 20.1 Å². The van der Waals surface area contributed by atoms with Gasteiger partial charge in [-0.15, -0.1) is 0 Å². The van der Waals surface area contributed by atoms with Gasteiger partial charge in [0.05, 0.1) is 0 Å². The molecule has 1 aliphatic heterocycles. The Morgan fingerprint density at radius 1 is 1.26 bits per heavy atom. The number of nitrogens with one attached hydrogen (secondary N) is 1. The molecular weight excluding hydrogens is 236 g/mol. The summed E-state index contributed by atoms with van der Waals surface area (Å²) in [6.07, 6.45) is 8.10. The Labute approximate surface area is 113 Å². The molecule has 1 fully saturated rings. The van der Waals surface area contributed by atoms with Gasteiger partial charge < -0.3 is 0 Å². The van der Waals surface area contributed by atoms with Gasteiger partial charge in [-0.25, -0.2) is 0 Å². The van der Waals surface area contributed by atoms with Crippen LogP contribution in [0.25, 0.3) is 0 Å². The van der Waals surface area contributed by atoms with Crippen LogP contribution in [-0.2, 0) is 0 Å². The van der Waals surface area contributed by atoms with Gasteiger partial charge in [-0.2, -0.15) is 5.10 Å². The second kappa shape index (κ2) is 5.53. The molecule has 2 aromatic heterocycles. The van der Waals surface area contributed by atoms with Crippen molar-refractivity contribution in [2.24, 2.45) is 0 Å². The third-order valence-corrected chi connectivity index (χ3v) is 4.15. The van der Waals surface area contributed by atoms with Crippen LogP contribution in [0.1, 0.15) is 43.0 Å². The average Bonchev–Trinajstić information content (AvgIpc) is 3.02. The van der Waals surface area contributed by atoms with Gasteiger partial charge in [0.15, 0.2) is 0 Å². The topological polar surface area (TPSA) is 44.8 Å². The molecule has 0 spiro atoms. The van der Waals surface area contributed by atoms with Crippen molar-refractivity contribution in [2.75, 3.05) is 13.1 Å². The first kappa shape index (κ1) is 12.4. The fraction of sp³-hybridized carbons (Fsp3) is 0.467. The van der Waals surface area contributed by atoms with Gasteiger partial charge in [-0.05, 0) is 50.1 Å². The molecule has 0 amide bonds. The first-order valence-electron chi connectivity index (χ1n) is 6.98. The van der Waals surface area contributed by atoms with E-state index in [2.05, 4.69) is 45.2 Å². The fourth-order valence-corrected chi connectivity index (χ4v) is 2.96. The Balaban J connectivity index is 1.71. The van der Waals surface area contributed by atoms with Crippen molar-refractivity contribution in [2.45, 2.75) is 31.7 Å². The molecule has 0 saturated carbocycles. The van der Waals surface area contributed by atoms with Crippen molar-refractivity contribution in [1.29, 1.82) is 0 Å². The van der Waals surface area contributed by atoms with Crippen molar-refractivity contribution in [3.63, 3.8) is 0 Å². The summed E-state index contributed by atoms with van der Waals surface area (Å²) in [7, 11) is 0. The van der Waals surface area contributed by atoms with Gasteiger partial charge in [0.25, 0.3) is 0 Å². The molecule has 1 saturated heterocycles. The highest BCUT2D eigenvalue weighted by molar-refractivity contribution is 5.15. The largest absolute Gasteiger partial charge is 0.296 e. The van der Waals surface area contributed by atoms with Crippen LogP contribution in [-0.4, -0.2) is 33.2 Å². The van der Waals surface area contributed by atoms with Crippen LogP contribution in [0.5, 0.6) is 0 Å². The van der Waals surface area contributed by atoms with E-state index in [1.165, 1.54) is 30.6 Å². The highest BCUT2D eigenvalue weighted by Crippen LogP contribution is 2.30. The smallest absolute Gasteiger partial charge is 0.0490 e. The van der Waals surface area contributed by atoms with Gasteiger partial charge in [-0.1, -0.05) is 0 Å². The maximum Gasteiger partial charge on any atom is 0.0490 e. The van der Waals surface area contributed by atoms with Gasteiger partial charge in [0, 0.05) is 42.8 Å². The first-order chi connectivity index (χ1) is 9.34. The van der Waals surface area contributed by atoms with Gasteiger partial charge in [-0.3, -0.25) is 15.0 Å². The van der Waals surface area contributed by atoms with Gasteiger partial charge >= 0.3 is 0 Å². The molecule has 4 heteroatoms. The number of hydrogen-bond acceptors (Lipinski definition) is 3. The van der Waals surface area contributed by atoms with E-state index in [0.717, 1.165) is 6.54 Å². The number of likely N-dealkylation sites (tertiary alicyclic amines) is 1. The molecule has 0 unspecified atom stereocenters. The van der Waals surface area contributed by atoms with E-state index >= 15 is 0 Å². The van der Waals surface area contributed by atoms with E-state index in [4.69, 9.17) is 0 Å². The SMILES string of the molecule is C[C@H](c1ccncc1)N1CCC[C@@H](c2ccn[nH]2)C1. The number of piperidine rings is 1. The number of rotatable bonds is 3. The minimum Gasteiger partial charge on any atom is -0.296 e. The van der Waals surface area contributed by atoms with E-state index in [1.54, 1.807) is 0 Å². The molecule has 19 heavy (non-hydrogen) atoms.